The van der Waals surface area contributed by atoms with Gasteiger partial charge in [-0.1, -0.05) is 43.5 Å². The van der Waals surface area contributed by atoms with Crippen molar-refractivity contribution in [1.82, 2.24) is 10.6 Å². The Bertz CT molecular complexity index is 416. The van der Waals surface area contributed by atoms with Crippen LogP contribution in [0.3, 0.4) is 0 Å². The fourth-order valence-electron chi connectivity index (χ4n) is 1.01. The van der Waals surface area contributed by atoms with Gasteiger partial charge in [-0.15, -0.1) is 0 Å². The maximum absolute atomic E-state index is 10.8. The normalized spacial score (nSPS) is 8.47. The van der Waals surface area contributed by atoms with E-state index in [0.717, 1.165) is 11.6 Å². The number of aliphatic hydroxyl groups excluding tert-OH is 1. The van der Waals surface area contributed by atoms with Crippen molar-refractivity contribution in [2.24, 2.45) is 0 Å². The lowest BCUT2D eigenvalue weighted by atomic mass is 10.2. The Morgan fingerprint density at radius 1 is 1.05 bits per heavy atom. The first kappa shape index (κ1) is 16.6. The maximum atomic E-state index is 10.8. The Morgan fingerprint density at radius 3 is 2.00 bits per heavy atom. The lowest BCUT2D eigenvalue weighted by Gasteiger charge is -2.00. The van der Waals surface area contributed by atoms with Gasteiger partial charge in [-0.2, -0.15) is 0 Å². The van der Waals surface area contributed by atoms with Crippen LogP contribution >= 0.6 is 0 Å². The van der Waals surface area contributed by atoms with Crippen LogP contribution < -0.4 is 10.6 Å². The molecular weight excluding hydrogens is 244 g/mol. The SMILES string of the molecule is C=CC(=O)NCO.C=CC(=O)NCc1ccccc1. The van der Waals surface area contributed by atoms with Crippen LogP contribution in [0.2, 0.25) is 0 Å². The number of amides is 2. The van der Waals surface area contributed by atoms with Crippen molar-refractivity contribution in [3.8, 4) is 0 Å². The van der Waals surface area contributed by atoms with Gasteiger partial charge in [0.25, 0.3) is 0 Å². The Balaban J connectivity index is 0.000000399. The van der Waals surface area contributed by atoms with Gasteiger partial charge in [-0.3, -0.25) is 9.59 Å². The molecule has 0 fully saturated rings. The highest BCUT2D eigenvalue weighted by atomic mass is 16.3. The van der Waals surface area contributed by atoms with E-state index in [2.05, 4.69) is 23.8 Å². The first-order chi connectivity index (χ1) is 9.13. The predicted molar refractivity (Wildman–Crippen MR) is 73.9 cm³/mol. The molecule has 0 aromatic heterocycles. The summed E-state index contributed by atoms with van der Waals surface area (Å²) in [6.07, 6.45) is 2.36. The molecule has 0 heterocycles. The molecule has 3 N–H and O–H groups in total. The molecule has 0 atom stereocenters. The third-order valence-corrected chi connectivity index (χ3v) is 1.93. The molecular formula is C14H18N2O3. The van der Waals surface area contributed by atoms with Crippen molar-refractivity contribution in [2.75, 3.05) is 6.73 Å². The topological polar surface area (TPSA) is 78.4 Å². The first-order valence-corrected chi connectivity index (χ1v) is 5.59. The minimum Gasteiger partial charge on any atom is -0.376 e. The number of benzene rings is 1. The van der Waals surface area contributed by atoms with Gasteiger partial charge in [-0.05, 0) is 17.7 Å². The standard InChI is InChI=1S/C10H11NO.C4H7NO2/c1-2-10(12)11-8-9-6-4-3-5-7-9;1-2-4(7)5-3-6/h2-7H,1,8H2,(H,11,12);2,6H,1,3H2,(H,5,7). The molecule has 0 unspecified atom stereocenters. The van der Waals surface area contributed by atoms with Crippen LogP contribution in [-0.2, 0) is 16.1 Å². The second-order valence-electron chi connectivity index (χ2n) is 3.31. The van der Waals surface area contributed by atoms with Crippen LogP contribution in [-0.4, -0.2) is 23.7 Å². The molecule has 0 saturated heterocycles. The third-order valence-electron chi connectivity index (χ3n) is 1.93. The highest BCUT2D eigenvalue weighted by Gasteiger charge is 1.93. The zero-order valence-electron chi connectivity index (χ0n) is 10.6. The van der Waals surface area contributed by atoms with Crippen LogP contribution in [0.15, 0.2) is 55.6 Å². The van der Waals surface area contributed by atoms with Crippen molar-refractivity contribution < 1.29 is 14.7 Å². The van der Waals surface area contributed by atoms with Crippen molar-refractivity contribution in [3.05, 3.63) is 61.2 Å². The molecule has 1 aromatic rings. The van der Waals surface area contributed by atoms with Gasteiger partial charge in [0.05, 0.1) is 0 Å². The number of carbonyl (C=O) groups is 2. The summed E-state index contributed by atoms with van der Waals surface area (Å²) in [4.78, 5) is 20.8. The molecule has 19 heavy (non-hydrogen) atoms. The average Bonchev–Trinajstić information content (AvgIpc) is 2.46. The van der Waals surface area contributed by atoms with Crippen LogP contribution in [0.1, 0.15) is 5.56 Å². The number of aliphatic hydroxyl groups is 1. The van der Waals surface area contributed by atoms with Crippen LogP contribution in [0, 0.1) is 0 Å². The molecule has 0 bridgehead atoms. The third kappa shape index (κ3) is 9.31. The molecule has 5 nitrogen and oxygen atoms in total. The largest absolute Gasteiger partial charge is 0.376 e. The highest BCUT2D eigenvalue weighted by Crippen LogP contribution is 1.96. The Morgan fingerprint density at radius 2 is 1.58 bits per heavy atom. The quantitative estimate of drug-likeness (QED) is 0.540. The van der Waals surface area contributed by atoms with Gasteiger partial charge in [0.1, 0.15) is 6.73 Å². The van der Waals surface area contributed by atoms with E-state index in [0.29, 0.717) is 6.54 Å². The van der Waals surface area contributed by atoms with Gasteiger partial charge >= 0.3 is 0 Å². The molecule has 0 aliphatic heterocycles. The van der Waals surface area contributed by atoms with E-state index in [9.17, 15) is 9.59 Å². The lowest BCUT2D eigenvalue weighted by molar-refractivity contribution is -0.118. The van der Waals surface area contributed by atoms with Gasteiger partial charge in [0.15, 0.2) is 0 Å². The predicted octanol–water partition coefficient (Wildman–Crippen LogP) is 0.727. The van der Waals surface area contributed by atoms with Crippen LogP contribution in [0.4, 0.5) is 0 Å². The number of hydrogen-bond donors (Lipinski definition) is 3. The van der Waals surface area contributed by atoms with Gasteiger partial charge in [0.2, 0.25) is 11.8 Å². The molecule has 0 spiro atoms. The second-order valence-corrected chi connectivity index (χ2v) is 3.31. The molecule has 102 valence electrons. The van der Waals surface area contributed by atoms with Crippen molar-refractivity contribution in [1.29, 1.82) is 0 Å². The van der Waals surface area contributed by atoms with Gasteiger partial charge in [0, 0.05) is 6.54 Å². The first-order valence-electron chi connectivity index (χ1n) is 5.59. The summed E-state index contributed by atoms with van der Waals surface area (Å²) in [5.74, 6) is -0.499. The van der Waals surface area contributed by atoms with E-state index in [1.807, 2.05) is 30.3 Å². The fraction of sp³-hybridized carbons (Fsp3) is 0.143. The molecule has 0 aliphatic carbocycles. The summed E-state index contributed by atoms with van der Waals surface area (Å²) in [6, 6.07) is 9.75. The maximum Gasteiger partial charge on any atom is 0.245 e. The smallest absolute Gasteiger partial charge is 0.245 e. The highest BCUT2D eigenvalue weighted by molar-refractivity contribution is 5.87. The summed E-state index contributed by atoms with van der Waals surface area (Å²) >= 11 is 0. The molecule has 1 aromatic carbocycles. The van der Waals surface area contributed by atoms with E-state index in [1.165, 1.54) is 6.08 Å². The Labute approximate surface area is 112 Å². The minimum atomic E-state index is -0.359. The molecule has 0 saturated carbocycles. The monoisotopic (exact) mass is 262 g/mol. The van der Waals surface area contributed by atoms with Crippen molar-refractivity contribution in [3.63, 3.8) is 0 Å². The van der Waals surface area contributed by atoms with Crippen LogP contribution in [0.5, 0.6) is 0 Å². The number of rotatable bonds is 5. The van der Waals surface area contributed by atoms with Gasteiger partial charge in [-0.25, -0.2) is 0 Å². The Kier molecular flexibility index (Phi) is 9.38. The zero-order valence-corrected chi connectivity index (χ0v) is 10.6. The second kappa shape index (κ2) is 10.7. The number of nitrogens with one attached hydrogen (secondary N) is 2. The zero-order chi connectivity index (χ0) is 14.5. The lowest BCUT2D eigenvalue weighted by Crippen LogP contribution is -2.20. The number of hydrogen-bond acceptors (Lipinski definition) is 3. The van der Waals surface area contributed by atoms with E-state index in [4.69, 9.17) is 5.11 Å². The summed E-state index contributed by atoms with van der Waals surface area (Å²) in [6.45, 7) is 6.75. The summed E-state index contributed by atoms with van der Waals surface area (Å²) in [5.41, 5.74) is 1.09. The summed E-state index contributed by atoms with van der Waals surface area (Å²) in [5, 5.41) is 12.8. The molecule has 0 aliphatic rings. The average molecular weight is 262 g/mol. The number of carbonyl (C=O) groups excluding carboxylic acids is 2. The fourth-order valence-corrected chi connectivity index (χ4v) is 1.01. The molecule has 0 radical (unpaired) electrons. The van der Waals surface area contributed by atoms with E-state index in [1.54, 1.807) is 0 Å². The summed E-state index contributed by atoms with van der Waals surface area (Å²) in [7, 11) is 0. The van der Waals surface area contributed by atoms with Gasteiger partial charge < -0.3 is 15.7 Å². The van der Waals surface area contributed by atoms with E-state index < -0.39 is 0 Å². The minimum absolute atomic E-state index is 0.140. The molecule has 5 heteroatoms. The summed E-state index contributed by atoms with van der Waals surface area (Å²) < 4.78 is 0. The van der Waals surface area contributed by atoms with E-state index >= 15 is 0 Å². The Hall–Kier alpha value is -2.40. The molecule has 2 amide bonds. The molecule has 1 rings (SSSR count). The van der Waals surface area contributed by atoms with E-state index in [-0.39, 0.29) is 18.5 Å². The van der Waals surface area contributed by atoms with Crippen LogP contribution in [0.25, 0.3) is 0 Å². The van der Waals surface area contributed by atoms with Crippen molar-refractivity contribution >= 4 is 11.8 Å². The van der Waals surface area contributed by atoms with Crippen molar-refractivity contribution in [2.45, 2.75) is 6.54 Å².